The minimum Gasteiger partial charge on any atom is -0.480 e. The van der Waals surface area contributed by atoms with Crippen LogP contribution in [0.3, 0.4) is 0 Å². The number of urea groups is 1. The lowest BCUT2D eigenvalue weighted by atomic mass is 10.1. The van der Waals surface area contributed by atoms with Crippen molar-refractivity contribution in [1.82, 2.24) is 9.80 Å². The Bertz CT molecular complexity index is 321. The average Bonchev–Trinajstić information content (AvgIpc) is 2.70. The molecule has 6 heteroatoms. The minimum absolute atomic E-state index is 0.0979. The van der Waals surface area contributed by atoms with Crippen LogP contribution in [0.2, 0.25) is 0 Å². The molecule has 1 aliphatic rings. The van der Waals surface area contributed by atoms with E-state index in [2.05, 4.69) is 0 Å². The molecule has 0 aromatic rings. The van der Waals surface area contributed by atoms with Gasteiger partial charge in [-0.2, -0.15) is 0 Å². The monoisotopic (exact) mass is 258 g/mol. The van der Waals surface area contributed by atoms with E-state index in [-0.39, 0.29) is 19.0 Å². The van der Waals surface area contributed by atoms with E-state index in [1.807, 2.05) is 13.8 Å². The van der Waals surface area contributed by atoms with Gasteiger partial charge in [-0.25, -0.2) is 9.59 Å². The highest BCUT2D eigenvalue weighted by Gasteiger charge is 2.40. The fourth-order valence-electron chi connectivity index (χ4n) is 2.15. The number of aliphatic hydroxyl groups is 1. The lowest BCUT2D eigenvalue weighted by molar-refractivity contribution is -0.141. The van der Waals surface area contributed by atoms with Gasteiger partial charge >= 0.3 is 12.0 Å². The molecular formula is C12H22N2O4. The number of carbonyl (C=O) groups is 2. The van der Waals surface area contributed by atoms with E-state index in [0.717, 1.165) is 6.42 Å². The van der Waals surface area contributed by atoms with Gasteiger partial charge in [0.15, 0.2) is 0 Å². The minimum atomic E-state index is -1.06. The molecule has 1 aliphatic heterocycles. The standard InChI is InChI=1S/C12H22N2O4/c1-4-8(2)6-13(3)12(18)14-7-9(15)5-10(14)11(16)17/h8-10,15H,4-7H2,1-3H3,(H,16,17)/t8?,9-,10-/m1/s1. The lowest BCUT2D eigenvalue weighted by Crippen LogP contribution is -2.47. The van der Waals surface area contributed by atoms with Crippen LogP contribution < -0.4 is 0 Å². The first-order chi connectivity index (χ1) is 8.36. The number of hydrogen-bond acceptors (Lipinski definition) is 3. The zero-order valence-electron chi connectivity index (χ0n) is 11.2. The summed E-state index contributed by atoms with van der Waals surface area (Å²) in [6.07, 6.45) is 0.327. The van der Waals surface area contributed by atoms with Gasteiger partial charge in [0.1, 0.15) is 6.04 Å². The Kier molecular flexibility index (Phi) is 4.95. The molecule has 0 aliphatic carbocycles. The maximum Gasteiger partial charge on any atom is 0.326 e. The van der Waals surface area contributed by atoms with E-state index in [0.29, 0.717) is 12.5 Å². The van der Waals surface area contributed by atoms with E-state index in [4.69, 9.17) is 5.11 Å². The molecule has 1 rings (SSSR count). The molecule has 1 heterocycles. The summed E-state index contributed by atoms with van der Waals surface area (Å²) in [6.45, 7) is 4.77. The molecule has 1 saturated heterocycles. The van der Waals surface area contributed by atoms with E-state index in [1.54, 1.807) is 7.05 Å². The van der Waals surface area contributed by atoms with Crippen LogP contribution in [0, 0.1) is 5.92 Å². The highest BCUT2D eigenvalue weighted by atomic mass is 16.4. The van der Waals surface area contributed by atoms with Crippen LogP contribution in [-0.4, -0.2) is 64.3 Å². The molecular weight excluding hydrogens is 236 g/mol. The van der Waals surface area contributed by atoms with Gasteiger partial charge in [0.05, 0.1) is 6.10 Å². The van der Waals surface area contributed by atoms with Gasteiger partial charge in [-0.1, -0.05) is 20.3 Å². The number of amides is 2. The lowest BCUT2D eigenvalue weighted by Gasteiger charge is -2.28. The van der Waals surface area contributed by atoms with Crippen molar-refractivity contribution >= 4 is 12.0 Å². The summed E-state index contributed by atoms with van der Waals surface area (Å²) < 4.78 is 0. The first-order valence-electron chi connectivity index (χ1n) is 6.29. The third-order valence-electron chi connectivity index (χ3n) is 3.42. The van der Waals surface area contributed by atoms with E-state index < -0.39 is 18.1 Å². The number of aliphatic carboxylic acids is 1. The molecule has 2 amide bonds. The first kappa shape index (κ1) is 14.8. The maximum absolute atomic E-state index is 12.1. The van der Waals surface area contributed by atoms with Crippen molar-refractivity contribution in [2.75, 3.05) is 20.1 Å². The Balaban J connectivity index is 2.67. The molecule has 0 bridgehead atoms. The zero-order chi connectivity index (χ0) is 13.9. The van der Waals surface area contributed by atoms with E-state index in [9.17, 15) is 14.7 Å². The topological polar surface area (TPSA) is 81.1 Å². The van der Waals surface area contributed by atoms with Crippen molar-refractivity contribution in [3.8, 4) is 0 Å². The predicted molar refractivity (Wildman–Crippen MR) is 66.2 cm³/mol. The van der Waals surface area contributed by atoms with Crippen LogP contribution in [-0.2, 0) is 4.79 Å². The number of likely N-dealkylation sites (tertiary alicyclic amines) is 1. The molecule has 18 heavy (non-hydrogen) atoms. The maximum atomic E-state index is 12.1. The smallest absolute Gasteiger partial charge is 0.326 e. The third-order valence-corrected chi connectivity index (χ3v) is 3.42. The Morgan fingerprint density at radius 1 is 1.50 bits per heavy atom. The molecule has 0 radical (unpaired) electrons. The van der Waals surface area contributed by atoms with Crippen molar-refractivity contribution < 1.29 is 19.8 Å². The van der Waals surface area contributed by atoms with Gasteiger partial charge in [0.2, 0.25) is 0 Å². The van der Waals surface area contributed by atoms with Crippen LogP contribution in [0.15, 0.2) is 0 Å². The molecule has 1 fully saturated rings. The highest BCUT2D eigenvalue weighted by Crippen LogP contribution is 2.20. The highest BCUT2D eigenvalue weighted by molar-refractivity contribution is 5.83. The summed E-state index contributed by atoms with van der Waals surface area (Å²) in [4.78, 5) is 25.9. The quantitative estimate of drug-likeness (QED) is 0.774. The Morgan fingerprint density at radius 2 is 2.11 bits per heavy atom. The van der Waals surface area contributed by atoms with Crippen LogP contribution >= 0.6 is 0 Å². The van der Waals surface area contributed by atoms with Gasteiger partial charge in [0.25, 0.3) is 0 Å². The number of hydrogen-bond donors (Lipinski definition) is 2. The SMILES string of the molecule is CCC(C)CN(C)C(=O)N1C[C@H](O)C[C@@H]1C(=O)O. The summed E-state index contributed by atoms with van der Waals surface area (Å²) in [5.41, 5.74) is 0. The number of carbonyl (C=O) groups excluding carboxylic acids is 1. The molecule has 104 valence electrons. The average molecular weight is 258 g/mol. The molecule has 0 spiro atoms. The molecule has 6 nitrogen and oxygen atoms in total. The Labute approximate surface area is 107 Å². The molecule has 0 aromatic heterocycles. The zero-order valence-corrected chi connectivity index (χ0v) is 11.2. The Morgan fingerprint density at radius 3 is 2.61 bits per heavy atom. The second-order valence-corrected chi connectivity index (χ2v) is 5.07. The van der Waals surface area contributed by atoms with Crippen molar-refractivity contribution in [1.29, 1.82) is 0 Å². The molecule has 0 saturated carbocycles. The number of β-amino-alcohol motifs (C(OH)–C–C–N with tert-alkyl or cyclic N) is 1. The van der Waals surface area contributed by atoms with Gasteiger partial charge in [0, 0.05) is 26.6 Å². The second-order valence-electron chi connectivity index (χ2n) is 5.07. The fraction of sp³-hybridized carbons (Fsp3) is 0.833. The molecule has 1 unspecified atom stereocenters. The number of carboxylic acids is 1. The van der Waals surface area contributed by atoms with Crippen molar-refractivity contribution in [3.63, 3.8) is 0 Å². The van der Waals surface area contributed by atoms with Crippen LogP contribution in [0.1, 0.15) is 26.7 Å². The van der Waals surface area contributed by atoms with Gasteiger partial charge < -0.3 is 20.0 Å². The summed E-state index contributed by atoms with van der Waals surface area (Å²) >= 11 is 0. The third kappa shape index (κ3) is 3.35. The van der Waals surface area contributed by atoms with Crippen LogP contribution in [0.25, 0.3) is 0 Å². The van der Waals surface area contributed by atoms with Gasteiger partial charge in [-0.05, 0) is 5.92 Å². The van der Waals surface area contributed by atoms with Gasteiger partial charge in [-0.3, -0.25) is 0 Å². The van der Waals surface area contributed by atoms with E-state index >= 15 is 0 Å². The van der Waals surface area contributed by atoms with Crippen molar-refractivity contribution in [2.24, 2.45) is 5.92 Å². The summed E-state index contributed by atoms with van der Waals surface area (Å²) in [6, 6.07) is -1.23. The normalized spacial score (nSPS) is 25.0. The molecule has 0 aromatic carbocycles. The second kappa shape index (κ2) is 6.04. The van der Waals surface area contributed by atoms with Gasteiger partial charge in [-0.15, -0.1) is 0 Å². The van der Waals surface area contributed by atoms with Crippen LogP contribution in [0.5, 0.6) is 0 Å². The van der Waals surface area contributed by atoms with E-state index in [1.165, 1.54) is 9.80 Å². The summed E-state index contributed by atoms with van der Waals surface area (Å²) in [5.74, 6) is -0.688. The number of rotatable bonds is 4. The van der Waals surface area contributed by atoms with Crippen LogP contribution in [0.4, 0.5) is 4.79 Å². The molecule has 3 atom stereocenters. The fourth-order valence-corrected chi connectivity index (χ4v) is 2.15. The first-order valence-corrected chi connectivity index (χ1v) is 6.29. The predicted octanol–water partition coefficient (Wildman–Crippen LogP) is 0.604. The number of aliphatic hydroxyl groups excluding tert-OH is 1. The Hall–Kier alpha value is -1.30. The summed E-state index contributed by atoms with van der Waals surface area (Å²) in [5, 5.41) is 18.5. The van der Waals surface area contributed by atoms with Crippen molar-refractivity contribution in [3.05, 3.63) is 0 Å². The summed E-state index contributed by atoms with van der Waals surface area (Å²) in [7, 11) is 1.66. The largest absolute Gasteiger partial charge is 0.480 e. The molecule has 2 N–H and O–H groups in total. The number of nitrogens with zero attached hydrogens (tertiary/aromatic N) is 2. The number of carboxylic acid groups (broad SMARTS) is 1. The van der Waals surface area contributed by atoms with Crippen molar-refractivity contribution in [2.45, 2.75) is 38.8 Å².